The Kier molecular flexibility index (Phi) is 10.8. The predicted octanol–water partition coefficient (Wildman–Crippen LogP) is -1.19. The molecule has 0 atom stereocenters. The van der Waals surface area contributed by atoms with E-state index in [4.69, 9.17) is 10.0 Å². The van der Waals surface area contributed by atoms with E-state index in [-0.39, 0.29) is 37.7 Å². The van der Waals surface area contributed by atoms with Gasteiger partial charge in [0.25, 0.3) is 0 Å². The number of hydrogen-bond acceptors (Lipinski definition) is 2. The van der Waals surface area contributed by atoms with Gasteiger partial charge >= 0.3 is 6.53 Å². The largest absolute Gasteiger partial charge is 0.566 e. The third kappa shape index (κ3) is 29.4. The van der Waals surface area contributed by atoms with Gasteiger partial charge in [-0.05, 0) is 0 Å². The van der Waals surface area contributed by atoms with Crippen molar-refractivity contribution in [2.45, 2.75) is 0 Å². The normalized spacial score (nSPS) is 5.40. The van der Waals surface area contributed by atoms with Crippen molar-refractivity contribution in [3.8, 4) is 0 Å². The van der Waals surface area contributed by atoms with Crippen LogP contribution < -0.4 is 0 Å². The molecule has 0 fully saturated rings. The Bertz CT molecular complexity index is 14.4. The summed E-state index contributed by atoms with van der Waals surface area (Å²) in [6.07, 6.45) is 0. The minimum Gasteiger partial charge on any atom is -0.414 e. The Morgan fingerprint density at radius 3 is 1.40 bits per heavy atom. The summed E-state index contributed by atoms with van der Waals surface area (Å²) in [4.78, 5) is 0. The molecule has 0 spiro atoms. The molecule has 26 valence electrons. The van der Waals surface area contributed by atoms with Crippen molar-refractivity contribution < 1.29 is 10.0 Å². The molecule has 0 aliphatic carbocycles. The quantitative estimate of drug-likeness (QED) is 0.395. The third-order valence-electron chi connectivity index (χ3n) is 0. The van der Waals surface area contributed by atoms with Crippen LogP contribution in [0.5, 0.6) is 0 Å². The van der Waals surface area contributed by atoms with Crippen molar-refractivity contribution >= 4 is 55.7 Å². The molecule has 0 aliphatic heterocycles. The molecule has 0 saturated heterocycles. The average molecular weight is 120 g/mol. The first-order chi connectivity index (χ1) is 1.73. The molecule has 0 bridgehead atoms. The molecule has 5 heavy (non-hydrogen) atoms. The molecule has 0 heterocycles. The van der Waals surface area contributed by atoms with E-state index in [0.717, 1.165) is 0 Å². The van der Waals surface area contributed by atoms with Crippen molar-refractivity contribution in [1.29, 1.82) is 0 Å². The van der Waals surface area contributed by atoms with Gasteiger partial charge in [-0.3, -0.25) is 0 Å². The summed E-state index contributed by atoms with van der Waals surface area (Å²) < 4.78 is 0. The van der Waals surface area contributed by atoms with Gasteiger partial charge in [-0.2, -0.15) is 0 Å². The second-order valence-electron chi connectivity index (χ2n) is 0.311. The first kappa shape index (κ1) is 9.73. The topological polar surface area (TPSA) is 40.5 Å². The molecule has 0 saturated carbocycles. The van der Waals surface area contributed by atoms with Crippen LogP contribution in [-0.4, -0.2) is 54.3 Å². The SMILES string of the molecule is OB(O)Cl.[Ca]. The minimum atomic E-state index is -1.69. The van der Waals surface area contributed by atoms with Gasteiger partial charge in [0.2, 0.25) is 0 Å². The van der Waals surface area contributed by atoms with E-state index in [9.17, 15) is 0 Å². The number of hydrogen-bond donors (Lipinski definition) is 2. The van der Waals surface area contributed by atoms with Crippen molar-refractivity contribution in [2.75, 3.05) is 0 Å². The van der Waals surface area contributed by atoms with Gasteiger partial charge in [-0.1, -0.05) is 0 Å². The van der Waals surface area contributed by atoms with Crippen molar-refractivity contribution in [3.63, 3.8) is 0 Å². The molecule has 0 aromatic heterocycles. The zero-order valence-corrected chi connectivity index (χ0v) is 5.52. The smallest absolute Gasteiger partial charge is 0.414 e. The number of rotatable bonds is 0. The van der Waals surface area contributed by atoms with Crippen LogP contribution in [0, 0.1) is 0 Å². The monoisotopic (exact) mass is 120 g/mol. The van der Waals surface area contributed by atoms with Crippen LogP contribution >= 0.6 is 11.5 Å². The van der Waals surface area contributed by atoms with Gasteiger partial charge in [0.15, 0.2) is 0 Å². The first-order valence-corrected chi connectivity index (χ1v) is 1.17. The van der Waals surface area contributed by atoms with E-state index in [0.29, 0.717) is 0 Å². The van der Waals surface area contributed by atoms with Crippen molar-refractivity contribution in [1.82, 2.24) is 0 Å². The Labute approximate surface area is 65.2 Å². The Morgan fingerprint density at radius 1 is 1.40 bits per heavy atom. The number of halogens is 1. The van der Waals surface area contributed by atoms with E-state index in [1.807, 2.05) is 0 Å². The average Bonchev–Trinajstić information content (AvgIpc) is 0.811. The van der Waals surface area contributed by atoms with Crippen molar-refractivity contribution in [3.05, 3.63) is 0 Å². The molecule has 0 amide bonds. The second-order valence-corrected chi connectivity index (χ2v) is 0.701. The third-order valence-corrected chi connectivity index (χ3v) is 0. The molecule has 0 aliphatic rings. The summed E-state index contributed by atoms with van der Waals surface area (Å²) in [5, 5.41) is 14.8. The molecule has 2 radical (unpaired) electrons. The van der Waals surface area contributed by atoms with E-state index in [1.165, 1.54) is 0 Å². The standard InChI is InChI=1S/BClH2O2.Ca/c2-1(3)4;/h3-4H;. The summed E-state index contributed by atoms with van der Waals surface area (Å²) in [5.74, 6) is 0. The van der Waals surface area contributed by atoms with Gasteiger partial charge in [0.05, 0.1) is 0 Å². The summed E-state index contributed by atoms with van der Waals surface area (Å²) >= 11 is 4.39. The summed E-state index contributed by atoms with van der Waals surface area (Å²) in [5.41, 5.74) is 0. The Hall–Kier alpha value is 1.53. The Balaban J connectivity index is 0. The van der Waals surface area contributed by atoms with Gasteiger partial charge in [0, 0.05) is 37.7 Å². The summed E-state index contributed by atoms with van der Waals surface area (Å²) in [6.45, 7) is -1.69. The van der Waals surface area contributed by atoms with Gasteiger partial charge in [-0.25, -0.2) is 0 Å². The molecule has 0 aromatic carbocycles. The minimum absolute atomic E-state index is 0. The van der Waals surface area contributed by atoms with Crippen LogP contribution in [0.4, 0.5) is 0 Å². The van der Waals surface area contributed by atoms with Gasteiger partial charge < -0.3 is 10.0 Å². The zero-order chi connectivity index (χ0) is 3.58. The van der Waals surface area contributed by atoms with E-state index in [2.05, 4.69) is 11.5 Å². The van der Waals surface area contributed by atoms with Crippen LogP contribution in [-0.2, 0) is 0 Å². The molecule has 0 unspecified atom stereocenters. The maximum absolute atomic E-state index is 7.38. The van der Waals surface area contributed by atoms with Crippen LogP contribution in [0.3, 0.4) is 0 Å². The van der Waals surface area contributed by atoms with Crippen LogP contribution in [0.25, 0.3) is 0 Å². The maximum Gasteiger partial charge on any atom is 0.566 e. The molecule has 2 nitrogen and oxygen atoms in total. The fourth-order valence-electron chi connectivity index (χ4n) is 0. The van der Waals surface area contributed by atoms with Crippen LogP contribution in [0.1, 0.15) is 0 Å². The van der Waals surface area contributed by atoms with Crippen LogP contribution in [0.15, 0.2) is 0 Å². The molecule has 0 rings (SSSR count). The molecular formula is H2BCaClO2. The van der Waals surface area contributed by atoms with Crippen LogP contribution in [0.2, 0.25) is 0 Å². The van der Waals surface area contributed by atoms with E-state index in [1.54, 1.807) is 0 Å². The van der Waals surface area contributed by atoms with Gasteiger partial charge in [-0.15, -0.1) is 11.5 Å². The molecule has 5 heteroatoms. The molecular weight excluding hydrogens is 118 g/mol. The fourth-order valence-corrected chi connectivity index (χ4v) is 0. The zero-order valence-electron chi connectivity index (χ0n) is 2.56. The van der Waals surface area contributed by atoms with E-state index >= 15 is 0 Å². The maximum atomic E-state index is 7.38. The second kappa shape index (κ2) is 5.53. The van der Waals surface area contributed by atoms with Gasteiger partial charge in [0.1, 0.15) is 0 Å². The molecule has 0 aromatic rings. The summed E-state index contributed by atoms with van der Waals surface area (Å²) in [6, 6.07) is 0. The Morgan fingerprint density at radius 2 is 1.40 bits per heavy atom. The molecule has 2 N–H and O–H groups in total. The van der Waals surface area contributed by atoms with E-state index < -0.39 is 6.53 Å². The summed E-state index contributed by atoms with van der Waals surface area (Å²) in [7, 11) is 0. The first-order valence-electron chi connectivity index (χ1n) is 0.735. The van der Waals surface area contributed by atoms with Crippen molar-refractivity contribution in [2.24, 2.45) is 0 Å². The fraction of sp³-hybridized carbons (Fsp3) is 0. The predicted molar refractivity (Wildman–Crippen MR) is 21.8 cm³/mol.